The molecule has 1 aromatic rings. The van der Waals surface area contributed by atoms with Gasteiger partial charge in [-0.05, 0) is 44.4 Å². The number of carbonyl (C=O) groups excluding carboxylic acids is 1. The van der Waals surface area contributed by atoms with Gasteiger partial charge in [-0.15, -0.1) is 0 Å². The molecule has 1 fully saturated rings. The van der Waals surface area contributed by atoms with E-state index >= 15 is 0 Å². The first-order chi connectivity index (χ1) is 9.58. The van der Waals surface area contributed by atoms with Crippen molar-refractivity contribution in [1.29, 1.82) is 0 Å². The molecule has 0 saturated carbocycles. The van der Waals surface area contributed by atoms with Crippen LogP contribution in [0.4, 0.5) is 0 Å². The van der Waals surface area contributed by atoms with Crippen molar-refractivity contribution < 1.29 is 4.79 Å². The van der Waals surface area contributed by atoms with Gasteiger partial charge in [-0.1, -0.05) is 35.3 Å². The van der Waals surface area contributed by atoms with Crippen molar-refractivity contribution in [3.63, 3.8) is 0 Å². The number of hydrogen-bond acceptors (Lipinski definition) is 2. The molecule has 0 unspecified atom stereocenters. The number of rotatable bonds is 4. The van der Waals surface area contributed by atoms with E-state index in [1.807, 2.05) is 12.1 Å². The van der Waals surface area contributed by atoms with E-state index in [9.17, 15) is 4.79 Å². The van der Waals surface area contributed by atoms with Crippen LogP contribution in [0.1, 0.15) is 25.3 Å². The second kappa shape index (κ2) is 7.30. The smallest absolute Gasteiger partial charge is 0.223 e. The van der Waals surface area contributed by atoms with Crippen molar-refractivity contribution in [1.82, 2.24) is 10.6 Å². The van der Waals surface area contributed by atoms with Crippen molar-refractivity contribution in [3.8, 4) is 0 Å². The quantitative estimate of drug-likeness (QED) is 0.897. The lowest BCUT2D eigenvalue weighted by Gasteiger charge is -2.27. The van der Waals surface area contributed by atoms with Gasteiger partial charge in [0.2, 0.25) is 5.91 Å². The zero-order valence-corrected chi connectivity index (χ0v) is 13.1. The van der Waals surface area contributed by atoms with Crippen LogP contribution in [0.5, 0.6) is 0 Å². The Hall–Kier alpha value is -0.770. The van der Waals surface area contributed by atoms with Crippen LogP contribution >= 0.6 is 23.2 Å². The number of carbonyl (C=O) groups is 1. The predicted octanol–water partition coefficient (Wildman–Crippen LogP) is 3.04. The van der Waals surface area contributed by atoms with Gasteiger partial charge < -0.3 is 10.6 Å². The van der Waals surface area contributed by atoms with E-state index in [1.54, 1.807) is 6.07 Å². The van der Waals surface area contributed by atoms with Crippen LogP contribution in [0.15, 0.2) is 18.2 Å². The molecule has 0 bridgehead atoms. The second-order valence-corrected chi connectivity index (χ2v) is 6.12. The van der Waals surface area contributed by atoms with Gasteiger partial charge in [0.1, 0.15) is 0 Å². The highest BCUT2D eigenvalue weighted by Crippen LogP contribution is 2.25. The van der Waals surface area contributed by atoms with E-state index < -0.39 is 0 Å². The first-order valence-electron chi connectivity index (χ1n) is 7.02. The minimum Gasteiger partial charge on any atom is -0.356 e. The van der Waals surface area contributed by atoms with Crippen molar-refractivity contribution in [2.75, 3.05) is 13.1 Å². The molecule has 1 saturated heterocycles. The Morgan fingerprint density at radius 3 is 3.00 bits per heavy atom. The molecule has 20 heavy (non-hydrogen) atoms. The molecule has 1 heterocycles. The lowest BCUT2D eigenvalue weighted by atomic mass is 9.92. The molecule has 0 aromatic heterocycles. The average Bonchev–Trinajstić information content (AvgIpc) is 2.43. The lowest BCUT2D eigenvalue weighted by molar-refractivity contribution is -0.126. The number of nitrogens with one attached hydrogen (secondary N) is 2. The fraction of sp³-hybridized carbons (Fsp3) is 0.533. The Balaban J connectivity index is 1.80. The highest BCUT2D eigenvalue weighted by Gasteiger charge is 2.24. The van der Waals surface area contributed by atoms with E-state index in [0.717, 1.165) is 24.9 Å². The van der Waals surface area contributed by atoms with Gasteiger partial charge in [-0.2, -0.15) is 0 Å². The van der Waals surface area contributed by atoms with Gasteiger partial charge in [0.15, 0.2) is 0 Å². The van der Waals surface area contributed by atoms with E-state index in [2.05, 4.69) is 17.6 Å². The normalized spacial score (nSPS) is 22.6. The third-order valence-electron chi connectivity index (χ3n) is 3.72. The van der Waals surface area contributed by atoms with Crippen molar-refractivity contribution in [2.45, 2.75) is 32.2 Å². The molecule has 0 radical (unpaired) electrons. The molecule has 3 nitrogen and oxygen atoms in total. The van der Waals surface area contributed by atoms with E-state index in [1.165, 1.54) is 0 Å². The summed E-state index contributed by atoms with van der Waals surface area (Å²) in [5.74, 6) is 0.276. The van der Waals surface area contributed by atoms with Gasteiger partial charge in [0, 0.05) is 18.5 Å². The molecule has 2 N–H and O–H groups in total. The summed E-state index contributed by atoms with van der Waals surface area (Å²) in [5.41, 5.74) is 0.971. The molecule has 110 valence electrons. The molecular weight excluding hydrogens is 295 g/mol. The third kappa shape index (κ3) is 4.11. The maximum Gasteiger partial charge on any atom is 0.223 e. The molecule has 0 spiro atoms. The topological polar surface area (TPSA) is 41.1 Å². The first-order valence-corrected chi connectivity index (χ1v) is 7.77. The van der Waals surface area contributed by atoms with Gasteiger partial charge in [0.25, 0.3) is 0 Å². The Labute approximate surface area is 130 Å². The second-order valence-electron chi connectivity index (χ2n) is 5.33. The number of hydrogen-bond donors (Lipinski definition) is 2. The van der Waals surface area contributed by atoms with Crippen molar-refractivity contribution >= 4 is 29.1 Å². The summed E-state index contributed by atoms with van der Waals surface area (Å²) in [6, 6.07) is 6.00. The number of piperidine rings is 1. The Bertz CT molecular complexity index is 479. The monoisotopic (exact) mass is 314 g/mol. The van der Waals surface area contributed by atoms with Crippen LogP contribution in [-0.4, -0.2) is 25.0 Å². The predicted molar refractivity (Wildman–Crippen MR) is 83.4 cm³/mol. The molecule has 1 aliphatic rings. The Morgan fingerprint density at radius 1 is 1.45 bits per heavy atom. The zero-order valence-electron chi connectivity index (χ0n) is 11.6. The lowest BCUT2D eigenvalue weighted by Crippen LogP contribution is -2.42. The molecule has 1 amide bonds. The number of amides is 1. The van der Waals surface area contributed by atoms with E-state index in [4.69, 9.17) is 23.2 Å². The van der Waals surface area contributed by atoms with Crippen molar-refractivity contribution in [2.24, 2.45) is 5.92 Å². The molecule has 0 aliphatic carbocycles. The number of benzene rings is 1. The summed E-state index contributed by atoms with van der Waals surface area (Å²) in [4.78, 5) is 12.1. The summed E-state index contributed by atoms with van der Waals surface area (Å²) in [6.45, 7) is 3.63. The summed E-state index contributed by atoms with van der Waals surface area (Å²) >= 11 is 12.1. The third-order valence-corrected chi connectivity index (χ3v) is 4.58. The number of halogens is 2. The fourth-order valence-corrected chi connectivity index (χ4v) is 2.99. The maximum atomic E-state index is 12.1. The van der Waals surface area contributed by atoms with Crippen LogP contribution in [0.3, 0.4) is 0 Å². The zero-order chi connectivity index (χ0) is 14.5. The molecular formula is C15H20Cl2N2O. The molecule has 2 atom stereocenters. The van der Waals surface area contributed by atoms with E-state index in [0.29, 0.717) is 29.1 Å². The van der Waals surface area contributed by atoms with Gasteiger partial charge in [-0.3, -0.25) is 4.79 Å². The standard InChI is InChI=1S/C15H20Cl2N2O/c1-10-9-12(6-7-18-10)15(20)19-8-5-11-3-2-4-13(16)14(11)17/h2-4,10,12,18H,5-9H2,1H3,(H,19,20)/t10-,12-/m0/s1. The summed E-state index contributed by atoms with van der Waals surface area (Å²) in [5, 5.41) is 7.49. The Morgan fingerprint density at radius 2 is 2.25 bits per heavy atom. The molecule has 1 aliphatic heterocycles. The summed E-state index contributed by atoms with van der Waals surface area (Å²) in [7, 11) is 0. The highest BCUT2D eigenvalue weighted by atomic mass is 35.5. The molecule has 1 aromatic carbocycles. The minimum atomic E-state index is 0.126. The maximum absolute atomic E-state index is 12.1. The van der Waals surface area contributed by atoms with Crippen LogP contribution in [0.25, 0.3) is 0 Å². The van der Waals surface area contributed by atoms with Crippen LogP contribution in [-0.2, 0) is 11.2 Å². The van der Waals surface area contributed by atoms with Gasteiger partial charge >= 0.3 is 0 Å². The fourth-order valence-electron chi connectivity index (χ4n) is 2.58. The minimum absolute atomic E-state index is 0.126. The van der Waals surface area contributed by atoms with Crippen LogP contribution in [0.2, 0.25) is 10.0 Å². The van der Waals surface area contributed by atoms with Crippen LogP contribution < -0.4 is 10.6 Å². The Kier molecular flexibility index (Phi) is 5.70. The summed E-state index contributed by atoms with van der Waals surface area (Å²) in [6.07, 6.45) is 2.52. The SMILES string of the molecule is C[C@H]1C[C@@H](C(=O)NCCc2cccc(Cl)c2Cl)CCN1. The van der Waals surface area contributed by atoms with Crippen molar-refractivity contribution in [3.05, 3.63) is 33.8 Å². The van der Waals surface area contributed by atoms with E-state index in [-0.39, 0.29) is 11.8 Å². The van der Waals surface area contributed by atoms with Crippen LogP contribution in [0, 0.1) is 5.92 Å². The molecule has 2 rings (SSSR count). The summed E-state index contributed by atoms with van der Waals surface area (Å²) < 4.78 is 0. The highest BCUT2D eigenvalue weighted by molar-refractivity contribution is 6.42. The largest absolute Gasteiger partial charge is 0.356 e. The average molecular weight is 315 g/mol. The molecule has 5 heteroatoms. The van der Waals surface area contributed by atoms with Gasteiger partial charge in [-0.25, -0.2) is 0 Å². The first kappa shape index (κ1) is 15.6. The van der Waals surface area contributed by atoms with Gasteiger partial charge in [0.05, 0.1) is 10.0 Å².